The summed E-state index contributed by atoms with van der Waals surface area (Å²) in [4.78, 5) is 0. The van der Waals surface area contributed by atoms with Gasteiger partial charge in [0.1, 0.15) is 0 Å². The first-order chi connectivity index (χ1) is 20.9. The monoisotopic (exact) mass is 600 g/mol. The number of nitrogens with one attached hydrogen (secondary N) is 2. The summed E-state index contributed by atoms with van der Waals surface area (Å²) in [5.41, 5.74) is 7.29. The largest absolute Gasteiger partial charge is 0.392 e. The van der Waals surface area contributed by atoms with Crippen LogP contribution in [-0.2, 0) is 0 Å². The summed E-state index contributed by atoms with van der Waals surface area (Å²) >= 11 is 0. The van der Waals surface area contributed by atoms with E-state index in [2.05, 4.69) is 63.1 Å². The quantitative estimate of drug-likeness (QED) is 0.251. The Labute approximate surface area is 267 Å². The van der Waals surface area contributed by atoms with Crippen molar-refractivity contribution in [3.05, 3.63) is 47.1 Å². The number of aliphatic hydroxyl groups is 2. The number of allylic oxidation sites excluding steroid dienone is 6. The highest BCUT2D eigenvalue weighted by Crippen LogP contribution is 2.74. The molecule has 4 N–H and O–H groups in total. The fourth-order valence-corrected chi connectivity index (χ4v) is 13.9. The molecule has 2 bridgehead atoms. The lowest BCUT2D eigenvalue weighted by Gasteiger charge is -2.64. The zero-order valence-electron chi connectivity index (χ0n) is 28.3. The predicted molar refractivity (Wildman–Crippen MR) is 179 cm³/mol. The molecule has 0 aromatic heterocycles. The van der Waals surface area contributed by atoms with Gasteiger partial charge in [0.05, 0.1) is 12.2 Å². The lowest BCUT2D eigenvalue weighted by atomic mass is 9.40. The van der Waals surface area contributed by atoms with Crippen molar-refractivity contribution in [2.75, 3.05) is 6.54 Å². The van der Waals surface area contributed by atoms with Crippen LogP contribution >= 0.6 is 0 Å². The molecule has 6 fully saturated rings. The Kier molecular flexibility index (Phi) is 6.96. The van der Waals surface area contributed by atoms with E-state index in [9.17, 15) is 10.2 Å². The summed E-state index contributed by atoms with van der Waals surface area (Å²) in [5.74, 6) is 4.26. The zero-order valence-corrected chi connectivity index (χ0v) is 28.3. The van der Waals surface area contributed by atoms with Gasteiger partial charge < -0.3 is 20.8 Å². The summed E-state index contributed by atoms with van der Waals surface area (Å²) < 4.78 is 0. The van der Waals surface area contributed by atoms with Crippen molar-refractivity contribution in [1.29, 1.82) is 0 Å². The van der Waals surface area contributed by atoms with Gasteiger partial charge in [-0.05, 0) is 145 Å². The van der Waals surface area contributed by atoms with Gasteiger partial charge in [0.25, 0.3) is 0 Å². The van der Waals surface area contributed by atoms with Crippen LogP contribution in [0, 0.1) is 51.8 Å². The van der Waals surface area contributed by atoms with Gasteiger partial charge in [0, 0.05) is 29.6 Å². The van der Waals surface area contributed by atoms with Crippen molar-refractivity contribution < 1.29 is 10.2 Å². The van der Waals surface area contributed by atoms with Crippen LogP contribution < -0.4 is 10.6 Å². The maximum atomic E-state index is 11.3. The number of fused-ring (bicyclic) bond motifs is 7. The first-order valence-corrected chi connectivity index (χ1v) is 18.5. The molecule has 0 aromatic carbocycles. The zero-order chi connectivity index (χ0) is 30.8. The summed E-state index contributed by atoms with van der Waals surface area (Å²) in [6.07, 6.45) is 22.3. The molecule has 1 spiro atoms. The van der Waals surface area contributed by atoms with E-state index in [4.69, 9.17) is 0 Å². The van der Waals surface area contributed by atoms with E-state index in [-0.39, 0.29) is 34.6 Å². The molecule has 14 atom stereocenters. The molecule has 1 heterocycles. The Morgan fingerprint density at radius 2 is 1.93 bits per heavy atom. The first kappa shape index (κ1) is 30.2. The third-order valence-electron chi connectivity index (χ3n) is 15.9. The predicted octanol–water partition coefficient (Wildman–Crippen LogP) is 7.24. The Morgan fingerprint density at radius 1 is 1.11 bits per heavy atom. The number of hydrogen-bond donors (Lipinski definition) is 4. The second-order valence-electron chi connectivity index (χ2n) is 18.0. The van der Waals surface area contributed by atoms with Crippen molar-refractivity contribution in [1.82, 2.24) is 10.6 Å². The SMILES string of the molecule is C=C(C)C12C=CC3CCCC3(C1)C1(C)CC(C3CCC4CC5CC6CC(NCC(C)O)C(O)CC6C5C4(C)N3)=CC(C)=C1C2. The molecule has 14 unspecified atom stereocenters. The van der Waals surface area contributed by atoms with Crippen LogP contribution in [0.15, 0.2) is 47.1 Å². The molecule has 0 radical (unpaired) electrons. The maximum absolute atomic E-state index is 11.3. The average molecular weight is 601 g/mol. The third-order valence-corrected chi connectivity index (χ3v) is 15.9. The van der Waals surface area contributed by atoms with E-state index in [0.717, 1.165) is 24.7 Å². The fraction of sp³-hybridized carbons (Fsp3) is 0.800. The summed E-state index contributed by atoms with van der Waals surface area (Å²) in [7, 11) is 0. The van der Waals surface area contributed by atoms with Gasteiger partial charge in [0.2, 0.25) is 0 Å². The van der Waals surface area contributed by atoms with Crippen LogP contribution in [0.5, 0.6) is 0 Å². The standard InChI is InChI=1S/C40H60N2O2/c1-23(2)39-13-11-29-8-7-12-40(29,22-39)37(5)19-28(14-24(3)32(37)20-39)33-10-9-30-16-27-15-26-17-34(41-21-25(4)43)35(44)18-31(26)36(27)38(30,6)42-33/h11,13-14,25-27,29-31,33-36,41-44H,1,7-10,12,15-22H2,2-6H3. The topological polar surface area (TPSA) is 64.5 Å². The maximum Gasteiger partial charge on any atom is 0.0696 e. The smallest absolute Gasteiger partial charge is 0.0696 e. The van der Waals surface area contributed by atoms with Gasteiger partial charge in [-0.25, -0.2) is 0 Å². The molecule has 0 aromatic rings. The lowest BCUT2D eigenvalue weighted by molar-refractivity contribution is -0.0264. The molecular formula is C40H60N2O2. The van der Waals surface area contributed by atoms with Gasteiger partial charge in [-0.1, -0.05) is 60.4 Å². The van der Waals surface area contributed by atoms with Gasteiger partial charge in [0.15, 0.2) is 0 Å². The molecule has 8 rings (SSSR count). The van der Waals surface area contributed by atoms with Crippen LogP contribution in [0.4, 0.5) is 0 Å². The second-order valence-corrected chi connectivity index (χ2v) is 18.0. The molecule has 4 nitrogen and oxygen atoms in total. The number of rotatable bonds is 5. The Bertz CT molecular complexity index is 1310. The Balaban J connectivity index is 1.07. The van der Waals surface area contributed by atoms with Crippen molar-refractivity contribution in [3.8, 4) is 0 Å². The van der Waals surface area contributed by atoms with Crippen molar-refractivity contribution in [3.63, 3.8) is 0 Å². The minimum atomic E-state index is -0.368. The van der Waals surface area contributed by atoms with E-state index >= 15 is 0 Å². The summed E-state index contributed by atoms with van der Waals surface area (Å²) in [6, 6.07) is 0.601. The molecule has 5 saturated carbocycles. The molecule has 0 amide bonds. The van der Waals surface area contributed by atoms with E-state index in [0.29, 0.717) is 41.7 Å². The first-order valence-electron chi connectivity index (χ1n) is 18.5. The summed E-state index contributed by atoms with van der Waals surface area (Å²) in [5, 5.41) is 29.0. The minimum Gasteiger partial charge on any atom is -0.392 e. The number of aliphatic hydroxyl groups excluding tert-OH is 2. The normalized spacial score (nSPS) is 52.9. The van der Waals surface area contributed by atoms with E-state index in [1.54, 1.807) is 16.7 Å². The summed E-state index contributed by atoms with van der Waals surface area (Å²) in [6.45, 7) is 17.0. The van der Waals surface area contributed by atoms with Crippen molar-refractivity contribution in [2.24, 2.45) is 51.8 Å². The van der Waals surface area contributed by atoms with Crippen LogP contribution in [-0.4, -0.2) is 46.6 Å². The minimum absolute atomic E-state index is 0.130. The Hall–Kier alpha value is -1.20. The molecule has 242 valence electrons. The van der Waals surface area contributed by atoms with E-state index in [1.807, 2.05) is 6.92 Å². The molecular weight excluding hydrogens is 540 g/mol. The highest BCUT2D eigenvalue weighted by molar-refractivity contribution is 5.48. The molecule has 4 heteroatoms. The van der Waals surface area contributed by atoms with E-state index < -0.39 is 0 Å². The molecule has 1 aliphatic heterocycles. The van der Waals surface area contributed by atoms with Crippen LogP contribution in [0.1, 0.15) is 112 Å². The van der Waals surface area contributed by atoms with Gasteiger partial charge >= 0.3 is 0 Å². The number of piperidine rings is 1. The van der Waals surface area contributed by atoms with Gasteiger partial charge in [-0.3, -0.25) is 0 Å². The van der Waals surface area contributed by atoms with Crippen molar-refractivity contribution >= 4 is 0 Å². The van der Waals surface area contributed by atoms with Crippen LogP contribution in [0.3, 0.4) is 0 Å². The lowest BCUT2D eigenvalue weighted by Crippen LogP contribution is -2.61. The average Bonchev–Trinajstić information content (AvgIpc) is 3.63. The molecule has 7 aliphatic carbocycles. The van der Waals surface area contributed by atoms with Gasteiger partial charge in [-0.2, -0.15) is 0 Å². The highest BCUT2D eigenvalue weighted by atomic mass is 16.3. The molecule has 1 saturated heterocycles. The molecule has 44 heavy (non-hydrogen) atoms. The van der Waals surface area contributed by atoms with E-state index in [1.165, 1.54) is 69.8 Å². The number of hydrogen-bond acceptors (Lipinski definition) is 4. The van der Waals surface area contributed by atoms with Crippen molar-refractivity contribution in [2.45, 2.75) is 141 Å². The van der Waals surface area contributed by atoms with Crippen LogP contribution in [0.2, 0.25) is 0 Å². The molecule has 8 aliphatic rings. The fourth-order valence-electron chi connectivity index (χ4n) is 13.9. The Morgan fingerprint density at radius 3 is 2.70 bits per heavy atom. The highest BCUT2D eigenvalue weighted by Gasteiger charge is 2.66. The van der Waals surface area contributed by atoms with Crippen LogP contribution in [0.25, 0.3) is 0 Å². The third kappa shape index (κ3) is 4.08. The van der Waals surface area contributed by atoms with Gasteiger partial charge in [-0.15, -0.1) is 0 Å². The second kappa shape index (κ2) is 10.1.